The molecule has 0 spiro atoms. The van der Waals surface area contributed by atoms with E-state index >= 15 is 0 Å². The number of para-hydroxylation sites is 1. The average molecular weight is 692 g/mol. The summed E-state index contributed by atoms with van der Waals surface area (Å²) < 4.78 is 25.3. The number of anilines is 1. The molecule has 8 atom stereocenters. The Kier molecular flexibility index (Phi) is 10.2. The van der Waals surface area contributed by atoms with Gasteiger partial charge in [0.1, 0.15) is 28.7 Å². The van der Waals surface area contributed by atoms with Crippen molar-refractivity contribution in [3.05, 3.63) is 114 Å². The number of aliphatic hydroxyl groups excluding tert-OH is 4. The molecule has 2 saturated heterocycles. The molecular weight excluding hydrogens is 657 g/mol. The second-order valence-corrected chi connectivity index (χ2v) is 13.0. The molecule has 11 nitrogen and oxygen atoms in total. The Morgan fingerprint density at radius 3 is 2.33 bits per heavy atom. The van der Waals surface area contributed by atoms with Crippen molar-refractivity contribution in [2.24, 2.45) is 5.92 Å². The van der Waals surface area contributed by atoms with Crippen molar-refractivity contribution in [2.75, 3.05) is 17.3 Å². The zero-order valence-corrected chi connectivity index (χ0v) is 26.6. The Morgan fingerprint density at radius 1 is 0.939 bits per heavy atom. The highest BCUT2D eigenvalue weighted by atomic mass is 32.2. The molecule has 0 aliphatic carbocycles. The number of thioether (sulfide) groups is 1. The molecule has 4 aromatic carbocycles. The predicted octanol–water partition coefficient (Wildman–Crippen LogP) is 3.64. The lowest BCUT2D eigenvalue weighted by molar-refractivity contribution is -0.262. The number of phenols is 1. The number of ether oxygens (including phenoxy) is 2. The van der Waals surface area contributed by atoms with Crippen LogP contribution < -0.4 is 9.64 Å². The predicted molar refractivity (Wildman–Crippen MR) is 177 cm³/mol. The average Bonchev–Trinajstić information content (AvgIpc) is 3.09. The number of rotatable bonds is 11. The van der Waals surface area contributed by atoms with Gasteiger partial charge in [-0.3, -0.25) is 4.79 Å². The van der Waals surface area contributed by atoms with E-state index in [1.807, 2.05) is 0 Å². The highest BCUT2D eigenvalue weighted by molar-refractivity contribution is 8.00. The molecule has 49 heavy (non-hydrogen) atoms. The molecule has 13 heteroatoms. The van der Waals surface area contributed by atoms with Crippen molar-refractivity contribution >= 4 is 29.3 Å². The smallest absolute Gasteiger partial charge is 0.333 e. The minimum Gasteiger partial charge on any atom is -0.508 e. The molecule has 3 unspecified atom stereocenters. The van der Waals surface area contributed by atoms with Crippen molar-refractivity contribution in [1.29, 1.82) is 0 Å². The molecule has 256 valence electrons. The van der Waals surface area contributed by atoms with Crippen molar-refractivity contribution in [3.63, 3.8) is 0 Å². The van der Waals surface area contributed by atoms with Gasteiger partial charge in [0.15, 0.2) is 6.10 Å². The number of β-lactam (4-membered cyclic amide) rings is 1. The van der Waals surface area contributed by atoms with Crippen LogP contribution >= 0.6 is 11.8 Å². The number of amides is 1. The van der Waals surface area contributed by atoms with Crippen LogP contribution in [-0.2, 0) is 14.3 Å². The Hall–Kier alpha value is -4.50. The molecule has 2 heterocycles. The summed E-state index contributed by atoms with van der Waals surface area (Å²) in [5, 5.41) is 61.5. The maximum atomic E-state index is 13.8. The van der Waals surface area contributed by atoms with Crippen LogP contribution in [0.3, 0.4) is 0 Å². The van der Waals surface area contributed by atoms with E-state index in [0.717, 1.165) is 0 Å². The summed E-state index contributed by atoms with van der Waals surface area (Å²) in [6.07, 6.45) is -7.86. The van der Waals surface area contributed by atoms with Gasteiger partial charge in [-0.15, -0.1) is 11.8 Å². The third kappa shape index (κ3) is 6.99. The molecule has 6 rings (SSSR count). The number of hydrogen-bond acceptors (Lipinski definition) is 10. The summed E-state index contributed by atoms with van der Waals surface area (Å²) in [5.74, 6) is -3.30. The highest BCUT2D eigenvalue weighted by Crippen LogP contribution is 2.49. The SMILES string of the molecule is O=C(O)C1O[C@@H](Oc2cc(-c3cccc(O)c3)ccc2[C@@H]2[C@@H](SC[C@H](O)c3ccc(F)cc3)C(=O)N2c2ccccc2)C(O)C(O)[C@H]1CO. The number of aliphatic carboxylic acids is 1. The fraction of sp³-hybridized carbons (Fsp3) is 0.278. The van der Waals surface area contributed by atoms with Gasteiger partial charge in [-0.2, -0.15) is 0 Å². The monoisotopic (exact) mass is 691 g/mol. The van der Waals surface area contributed by atoms with Gasteiger partial charge in [-0.1, -0.05) is 54.6 Å². The van der Waals surface area contributed by atoms with Crippen LogP contribution in [0.25, 0.3) is 11.1 Å². The van der Waals surface area contributed by atoms with Gasteiger partial charge >= 0.3 is 5.97 Å². The van der Waals surface area contributed by atoms with Crippen LogP contribution in [0.2, 0.25) is 0 Å². The number of carbonyl (C=O) groups is 2. The largest absolute Gasteiger partial charge is 0.508 e. The Balaban J connectivity index is 1.39. The second kappa shape index (κ2) is 14.5. The molecule has 0 aromatic heterocycles. The number of halogens is 1. The lowest BCUT2D eigenvalue weighted by Crippen LogP contribution is -2.60. The maximum Gasteiger partial charge on any atom is 0.333 e. The van der Waals surface area contributed by atoms with Crippen LogP contribution in [0.1, 0.15) is 23.3 Å². The first kappa shape index (κ1) is 34.4. The highest BCUT2D eigenvalue weighted by Gasteiger charge is 2.52. The van der Waals surface area contributed by atoms with Crippen LogP contribution in [0, 0.1) is 11.7 Å². The zero-order valence-electron chi connectivity index (χ0n) is 25.8. The van der Waals surface area contributed by atoms with Gasteiger partial charge in [0.25, 0.3) is 0 Å². The van der Waals surface area contributed by atoms with E-state index in [1.54, 1.807) is 65.6 Å². The number of aromatic hydroxyl groups is 1. The van der Waals surface area contributed by atoms with E-state index in [1.165, 1.54) is 48.2 Å². The number of carboxylic acids is 1. The lowest BCUT2D eigenvalue weighted by atomic mass is 9.89. The van der Waals surface area contributed by atoms with Gasteiger partial charge in [-0.05, 0) is 59.2 Å². The van der Waals surface area contributed by atoms with Crippen molar-refractivity contribution in [3.8, 4) is 22.6 Å². The summed E-state index contributed by atoms with van der Waals surface area (Å²) >= 11 is 1.20. The second-order valence-electron chi connectivity index (χ2n) is 11.8. The third-order valence-electron chi connectivity index (χ3n) is 8.71. The van der Waals surface area contributed by atoms with Crippen LogP contribution in [0.5, 0.6) is 11.5 Å². The summed E-state index contributed by atoms with van der Waals surface area (Å²) in [5.41, 5.74) is 2.67. The topological polar surface area (TPSA) is 177 Å². The quantitative estimate of drug-likeness (QED) is 0.127. The first-order valence-electron chi connectivity index (χ1n) is 15.5. The minimum absolute atomic E-state index is 0.00793. The first-order valence-corrected chi connectivity index (χ1v) is 16.5. The van der Waals surface area contributed by atoms with E-state index in [0.29, 0.717) is 27.9 Å². The van der Waals surface area contributed by atoms with Crippen LogP contribution in [0.4, 0.5) is 10.1 Å². The van der Waals surface area contributed by atoms with Gasteiger partial charge in [0.05, 0.1) is 24.9 Å². The summed E-state index contributed by atoms with van der Waals surface area (Å²) in [4.78, 5) is 27.3. The number of carbonyl (C=O) groups excluding carboxylic acids is 1. The third-order valence-corrected chi connectivity index (χ3v) is 10.0. The fourth-order valence-corrected chi connectivity index (χ4v) is 7.40. The zero-order chi connectivity index (χ0) is 34.8. The van der Waals surface area contributed by atoms with E-state index in [-0.39, 0.29) is 23.2 Å². The lowest BCUT2D eigenvalue weighted by Gasteiger charge is -2.48. The summed E-state index contributed by atoms with van der Waals surface area (Å²) in [6.45, 7) is -0.765. The molecular formula is C36H34FNO10S. The minimum atomic E-state index is -1.76. The molecule has 1 amide bonds. The van der Waals surface area contributed by atoms with E-state index in [2.05, 4.69) is 0 Å². The number of phenolic OH excluding ortho intramolecular Hbond substituents is 1. The van der Waals surface area contributed by atoms with Gasteiger partial charge in [0, 0.05) is 22.9 Å². The van der Waals surface area contributed by atoms with Crippen molar-refractivity contribution in [2.45, 2.75) is 42.0 Å². The fourth-order valence-electron chi connectivity index (χ4n) is 6.11. The standard InChI is InChI=1S/C36H34FNO10S/c37-22-12-9-19(10-13-22)27(41)18-49-33-29(38(34(33)44)23-6-2-1-3-7-23)25-14-11-21(20-5-4-8-24(40)15-20)16-28(25)47-36-31(43)30(42)26(17-39)32(48-36)35(45)46/h1-16,26-27,29-33,36,39-43H,17-18H2,(H,45,46)/t26-,27+,29-,30?,31?,32?,33-,36-/m1/s1. The summed E-state index contributed by atoms with van der Waals surface area (Å²) in [6, 6.07) is 25.1. The Bertz CT molecular complexity index is 1790. The van der Waals surface area contributed by atoms with Crippen molar-refractivity contribution < 1.29 is 54.1 Å². The Morgan fingerprint density at radius 2 is 1.65 bits per heavy atom. The van der Waals surface area contributed by atoms with E-state index in [4.69, 9.17) is 9.47 Å². The maximum absolute atomic E-state index is 13.8. The molecule has 6 N–H and O–H groups in total. The van der Waals surface area contributed by atoms with Crippen LogP contribution in [-0.4, -0.2) is 84.7 Å². The molecule has 0 radical (unpaired) electrons. The molecule has 0 saturated carbocycles. The first-order chi connectivity index (χ1) is 23.6. The molecule has 2 aliphatic heterocycles. The molecule has 4 aromatic rings. The molecule has 0 bridgehead atoms. The number of nitrogens with zero attached hydrogens (tertiary/aromatic N) is 1. The van der Waals surface area contributed by atoms with Gasteiger partial charge < -0.3 is 45.0 Å². The summed E-state index contributed by atoms with van der Waals surface area (Å²) in [7, 11) is 0. The van der Waals surface area contributed by atoms with Gasteiger partial charge in [0.2, 0.25) is 12.2 Å². The molecule has 2 fully saturated rings. The molecule has 2 aliphatic rings. The number of hydrogen-bond donors (Lipinski definition) is 6. The van der Waals surface area contributed by atoms with Gasteiger partial charge in [-0.25, -0.2) is 9.18 Å². The number of benzene rings is 4. The number of aliphatic hydroxyl groups is 4. The van der Waals surface area contributed by atoms with E-state index < -0.39 is 66.3 Å². The van der Waals surface area contributed by atoms with E-state index in [9.17, 15) is 44.6 Å². The van der Waals surface area contributed by atoms with Crippen molar-refractivity contribution in [1.82, 2.24) is 0 Å². The van der Waals surface area contributed by atoms with Crippen LogP contribution in [0.15, 0.2) is 97.1 Å². The Labute approximate surface area is 284 Å². The normalized spacial score (nSPS) is 25.8. The number of carboxylic acid groups (broad SMARTS) is 1.